The van der Waals surface area contributed by atoms with Crippen LogP contribution in [0, 0.1) is 0 Å². The molecule has 3 aromatic rings. The zero-order valence-electron chi connectivity index (χ0n) is 13.1. The minimum absolute atomic E-state index is 0.204. The second-order valence-electron chi connectivity index (χ2n) is 5.23. The van der Waals surface area contributed by atoms with Gasteiger partial charge in [-0.2, -0.15) is 0 Å². The van der Waals surface area contributed by atoms with Crippen LogP contribution in [-0.2, 0) is 16.1 Å². The maximum absolute atomic E-state index is 12.0. The van der Waals surface area contributed by atoms with E-state index in [1.165, 1.54) is 0 Å². The lowest BCUT2D eigenvalue weighted by atomic mass is 10.1. The predicted octanol–water partition coefficient (Wildman–Crippen LogP) is 4.39. The van der Waals surface area contributed by atoms with Crippen LogP contribution >= 0.6 is 0 Å². The lowest BCUT2D eigenvalue weighted by Gasteiger charge is -2.13. The number of nitrogens with zero attached hydrogens (tertiary/aromatic N) is 1. The highest BCUT2D eigenvalue weighted by atomic mass is 16.5. The Bertz CT molecular complexity index is 719. The van der Waals surface area contributed by atoms with Gasteiger partial charge in [0.15, 0.2) is 0 Å². The molecule has 0 unspecified atom stereocenters. The van der Waals surface area contributed by atoms with E-state index in [9.17, 15) is 4.79 Å². The van der Waals surface area contributed by atoms with Gasteiger partial charge in [0.05, 0.1) is 6.61 Å². The summed E-state index contributed by atoms with van der Waals surface area (Å²) in [5, 5.41) is 0. The van der Waals surface area contributed by atoms with Crippen LogP contribution in [-0.4, -0.2) is 17.1 Å². The molecule has 3 rings (SSSR count). The van der Waals surface area contributed by atoms with Crippen molar-refractivity contribution in [1.29, 1.82) is 0 Å². The van der Waals surface area contributed by atoms with Crippen molar-refractivity contribution < 1.29 is 9.53 Å². The van der Waals surface area contributed by atoms with E-state index in [1.54, 1.807) is 0 Å². The van der Waals surface area contributed by atoms with Gasteiger partial charge in [0.1, 0.15) is 6.54 Å². The monoisotopic (exact) mass is 305 g/mol. The Hall–Kier alpha value is -2.81. The zero-order chi connectivity index (χ0) is 16.1. The normalized spacial score (nSPS) is 10.5. The number of carbonyl (C=O) groups excluding carboxylic acids is 1. The van der Waals surface area contributed by atoms with E-state index >= 15 is 0 Å². The van der Waals surface area contributed by atoms with E-state index in [2.05, 4.69) is 12.1 Å². The molecule has 23 heavy (non-hydrogen) atoms. The molecule has 0 aliphatic carbocycles. The average Bonchev–Trinajstić information content (AvgIpc) is 3.00. The van der Waals surface area contributed by atoms with Crippen molar-refractivity contribution >= 4 is 5.97 Å². The van der Waals surface area contributed by atoms with Crippen molar-refractivity contribution in [3.8, 4) is 22.5 Å². The Morgan fingerprint density at radius 3 is 1.74 bits per heavy atom. The van der Waals surface area contributed by atoms with Gasteiger partial charge in [-0.25, -0.2) is 0 Å². The molecule has 0 saturated carbocycles. The molecule has 0 aliphatic heterocycles. The van der Waals surface area contributed by atoms with Gasteiger partial charge in [0.2, 0.25) is 0 Å². The molecule has 2 aromatic carbocycles. The van der Waals surface area contributed by atoms with E-state index in [1.807, 2.05) is 72.2 Å². The molecule has 0 radical (unpaired) electrons. The number of hydrogen-bond donors (Lipinski definition) is 0. The fraction of sp³-hybridized carbons (Fsp3) is 0.150. The van der Waals surface area contributed by atoms with Crippen molar-refractivity contribution in [2.45, 2.75) is 13.5 Å². The summed E-state index contributed by atoms with van der Waals surface area (Å²) in [6.07, 6.45) is 0. The van der Waals surface area contributed by atoms with Crippen LogP contribution in [0.4, 0.5) is 0 Å². The number of carbonyl (C=O) groups is 1. The SMILES string of the molecule is CCOC(=O)Cn1c(-c2ccccc2)ccc1-c1ccccc1. The predicted molar refractivity (Wildman–Crippen MR) is 91.9 cm³/mol. The molecule has 1 heterocycles. The van der Waals surface area contributed by atoms with Crippen molar-refractivity contribution in [1.82, 2.24) is 4.57 Å². The van der Waals surface area contributed by atoms with E-state index < -0.39 is 0 Å². The van der Waals surface area contributed by atoms with E-state index in [0.717, 1.165) is 22.5 Å². The maximum Gasteiger partial charge on any atom is 0.325 e. The third kappa shape index (κ3) is 3.34. The first-order chi connectivity index (χ1) is 11.3. The molecule has 0 atom stereocenters. The fourth-order valence-electron chi connectivity index (χ4n) is 2.70. The number of aromatic nitrogens is 1. The number of ether oxygens (including phenoxy) is 1. The lowest BCUT2D eigenvalue weighted by Crippen LogP contribution is -2.15. The number of hydrogen-bond acceptors (Lipinski definition) is 2. The van der Waals surface area contributed by atoms with Gasteiger partial charge in [-0.05, 0) is 30.2 Å². The largest absolute Gasteiger partial charge is 0.465 e. The Labute approximate surface area is 136 Å². The summed E-state index contributed by atoms with van der Waals surface area (Å²) in [6, 6.07) is 24.3. The molecule has 0 aliphatic rings. The van der Waals surface area contributed by atoms with Crippen molar-refractivity contribution in [2.75, 3.05) is 6.61 Å². The van der Waals surface area contributed by atoms with Crippen molar-refractivity contribution in [3.63, 3.8) is 0 Å². The smallest absolute Gasteiger partial charge is 0.325 e. The summed E-state index contributed by atoms with van der Waals surface area (Å²) >= 11 is 0. The average molecular weight is 305 g/mol. The van der Waals surface area contributed by atoms with Gasteiger partial charge in [-0.1, -0.05) is 60.7 Å². The molecular formula is C20H19NO2. The number of rotatable bonds is 5. The molecule has 0 amide bonds. The van der Waals surface area contributed by atoms with E-state index in [0.29, 0.717) is 6.61 Å². The first-order valence-corrected chi connectivity index (χ1v) is 7.75. The maximum atomic E-state index is 12.0. The molecule has 0 bridgehead atoms. The van der Waals surface area contributed by atoms with Crippen molar-refractivity contribution in [3.05, 3.63) is 72.8 Å². The summed E-state index contributed by atoms with van der Waals surface area (Å²) in [5.74, 6) is -0.224. The van der Waals surface area contributed by atoms with Crippen LogP contribution in [0.2, 0.25) is 0 Å². The quantitative estimate of drug-likeness (QED) is 0.655. The summed E-state index contributed by atoms with van der Waals surface area (Å²) < 4.78 is 7.15. The second kappa shape index (κ2) is 6.97. The molecule has 1 aromatic heterocycles. The highest BCUT2D eigenvalue weighted by Crippen LogP contribution is 2.29. The van der Waals surface area contributed by atoms with Crippen LogP contribution in [0.1, 0.15) is 6.92 Å². The van der Waals surface area contributed by atoms with Gasteiger partial charge < -0.3 is 9.30 Å². The van der Waals surface area contributed by atoms with Crippen LogP contribution in [0.3, 0.4) is 0 Å². The summed E-state index contributed by atoms with van der Waals surface area (Å²) in [7, 11) is 0. The number of benzene rings is 2. The standard InChI is InChI=1S/C20H19NO2/c1-2-23-20(22)15-21-18(16-9-5-3-6-10-16)13-14-19(21)17-11-7-4-8-12-17/h3-14H,2,15H2,1H3. The second-order valence-corrected chi connectivity index (χ2v) is 5.23. The Balaban J connectivity index is 2.07. The van der Waals surface area contributed by atoms with Gasteiger partial charge in [-0.15, -0.1) is 0 Å². The first kappa shape index (κ1) is 15.1. The van der Waals surface area contributed by atoms with Crippen LogP contribution in [0.15, 0.2) is 72.8 Å². The van der Waals surface area contributed by atoms with E-state index in [4.69, 9.17) is 4.74 Å². The Kier molecular flexibility index (Phi) is 4.57. The molecule has 0 spiro atoms. The van der Waals surface area contributed by atoms with Crippen LogP contribution in [0.25, 0.3) is 22.5 Å². The minimum atomic E-state index is -0.224. The summed E-state index contributed by atoms with van der Waals surface area (Å²) in [5.41, 5.74) is 4.19. The topological polar surface area (TPSA) is 31.2 Å². The van der Waals surface area contributed by atoms with Gasteiger partial charge >= 0.3 is 5.97 Å². The van der Waals surface area contributed by atoms with Gasteiger partial charge in [0.25, 0.3) is 0 Å². The van der Waals surface area contributed by atoms with Crippen LogP contribution in [0.5, 0.6) is 0 Å². The highest BCUT2D eigenvalue weighted by molar-refractivity contribution is 5.75. The third-order valence-electron chi connectivity index (χ3n) is 3.71. The Morgan fingerprint density at radius 1 is 0.826 bits per heavy atom. The molecular weight excluding hydrogens is 286 g/mol. The summed E-state index contributed by atoms with van der Waals surface area (Å²) in [6.45, 7) is 2.42. The molecule has 0 saturated heterocycles. The molecule has 3 heteroatoms. The number of esters is 1. The molecule has 0 fully saturated rings. The van der Waals surface area contributed by atoms with Crippen LogP contribution < -0.4 is 0 Å². The molecule has 3 nitrogen and oxygen atoms in total. The van der Waals surface area contributed by atoms with Gasteiger partial charge in [0, 0.05) is 11.4 Å². The molecule has 0 N–H and O–H groups in total. The first-order valence-electron chi connectivity index (χ1n) is 7.75. The van der Waals surface area contributed by atoms with Crippen molar-refractivity contribution in [2.24, 2.45) is 0 Å². The highest BCUT2D eigenvalue weighted by Gasteiger charge is 2.14. The van der Waals surface area contributed by atoms with E-state index in [-0.39, 0.29) is 12.5 Å². The lowest BCUT2D eigenvalue weighted by molar-refractivity contribution is -0.143. The third-order valence-corrected chi connectivity index (χ3v) is 3.71. The van der Waals surface area contributed by atoms with Gasteiger partial charge in [-0.3, -0.25) is 4.79 Å². The minimum Gasteiger partial charge on any atom is -0.465 e. The molecule has 116 valence electrons. The fourth-order valence-corrected chi connectivity index (χ4v) is 2.70. The summed E-state index contributed by atoms with van der Waals surface area (Å²) in [4.78, 5) is 12.0. The zero-order valence-corrected chi connectivity index (χ0v) is 13.1. The Morgan fingerprint density at radius 2 is 1.30 bits per heavy atom.